The van der Waals surface area contributed by atoms with Crippen molar-refractivity contribution in [3.05, 3.63) is 36.4 Å². The van der Waals surface area contributed by atoms with E-state index in [0.29, 0.717) is 18.9 Å². The summed E-state index contributed by atoms with van der Waals surface area (Å²) in [6, 6.07) is 11.5. The highest BCUT2D eigenvalue weighted by Crippen LogP contribution is 2.25. The summed E-state index contributed by atoms with van der Waals surface area (Å²) in [5.41, 5.74) is 0. The molecule has 0 heterocycles. The zero-order valence-corrected chi connectivity index (χ0v) is 13.1. The highest BCUT2D eigenvalue weighted by molar-refractivity contribution is 5.85. The molecule has 0 aromatic heterocycles. The van der Waals surface area contributed by atoms with E-state index in [-0.39, 0.29) is 5.91 Å². The monoisotopic (exact) mass is 303 g/mol. The molecular formula is C17H21NO4. The summed E-state index contributed by atoms with van der Waals surface area (Å²) in [7, 11) is 3.23. The molecular weight excluding hydrogens is 282 g/mol. The van der Waals surface area contributed by atoms with Gasteiger partial charge in [-0.2, -0.15) is 0 Å². The fraction of sp³-hybridized carbons (Fsp3) is 0.353. The van der Waals surface area contributed by atoms with Crippen molar-refractivity contribution < 1.29 is 19.0 Å². The molecule has 118 valence electrons. The van der Waals surface area contributed by atoms with Crippen LogP contribution in [0.2, 0.25) is 0 Å². The maximum absolute atomic E-state index is 11.9. The van der Waals surface area contributed by atoms with Gasteiger partial charge in [0.1, 0.15) is 11.5 Å². The van der Waals surface area contributed by atoms with Crippen molar-refractivity contribution in [2.75, 3.05) is 27.4 Å². The predicted molar refractivity (Wildman–Crippen MR) is 85.5 cm³/mol. The van der Waals surface area contributed by atoms with Crippen molar-refractivity contribution in [1.29, 1.82) is 0 Å². The number of rotatable bonds is 7. The molecule has 0 radical (unpaired) electrons. The van der Waals surface area contributed by atoms with E-state index >= 15 is 0 Å². The molecule has 1 atom stereocenters. The summed E-state index contributed by atoms with van der Waals surface area (Å²) in [5, 5.41) is 4.84. The minimum absolute atomic E-state index is 0.164. The smallest absolute Gasteiger partial charge is 0.260 e. The van der Waals surface area contributed by atoms with E-state index in [0.717, 1.165) is 16.5 Å². The molecule has 0 spiro atoms. The number of carbonyl (C=O) groups excluding carboxylic acids is 1. The molecule has 2 rings (SSSR count). The second-order valence-corrected chi connectivity index (χ2v) is 4.92. The van der Waals surface area contributed by atoms with E-state index in [9.17, 15) is 4.79 Å². The Balaban J connectivity index is 2.05. The Labute approximate surface area is 130 Å². The van der Waals surface area contributed by atoms with Crippen LogP contribution in [0.1, 0.15) is 6.92 Å². The van der Waals surface area contributed by atoms with Gasteiger partial charge in [-0.15, -0.1) is 0 Å². The van der Waals surface area contributed by atoms with Crippen LogP contribution in [0.5, 0.6) is 11.5 Å². The molecule has 0 unspecified atom stereocenters. The minimum atomic E-state index is -0.570. The number of nitrogens with one attached hydrogen (secondary N) is 1. The van der Waals surface area contributed by atoms with Crippen LogP contribution >= 0.6 is 0 Å². The number of hydrogen-bond donors (Lipinski definition) is 1. The molecule has 0 aliphatic heterocycles. The summed E-state index contributed by atoms with van der Waals surface area (Å²) in [5.74, 6) is 1.27. The fourth-order valence-electron chi connectivity index (χ4n) is 2.08. The van der Waals surface area contributed by atoms with E-state index in [4.69, 9.17) is 14.2 Å². The van der Waals surface area contributed by atoms with Crippen molar-refractivity contribution in [3.63, 3.8) is 0 Å². The van der Waals surface area contributed by atoms with Gasteiger partial charge in [0.25, 0.3) is 5.91 Å². The highest BCUT2D eigenvalue weighted by Gasteiger charge is 2.14. The van der Waals surface area contributed by atoms with Crippen LogP contribution < -0.4 is 14.8 Å². The van der Waals surface area contributed by atoms with E-state index in [1.54, 1.807) is 21.1 Å². The van der Waals surface area contributed by atoms with Crippen molar-refractivity contribution in [3.8, 4) is 11.5 Å². The lowest BCUT2D eigenvalue weighted by Gasteiger charge is -2.15. The Hall–Kier alpha value is -2.27. The Morgan fingerprint density at radius 2 is 1.77 bits per heavy atom. The van der Waals surface area contributed by atoms with Crippen LogP contribution in [0.4, 0.5) is 0 Å². The van der Waals surface area contributed by atoms with E-state index in [2.05, 4.69) is 5.32 Å². The van der Waals surface area contributed by atoms with Gasteiger partial charge in [0.15, 0.2) is 6.10 Å². The third-order valence-electron chi connectivity index (χ3n) is 3.31. The number of benzene rings is 2. The van der Waals surface area contributed by atoms with Crippen LogP contribution in [0.15, 0.2) is 36.4 Å². The molecule has 5 heteroatoms. The summed E-state index contributed by atoms with van der Waals surface area (Å²) in [6.45, 7) is 2.67. The van der Waals surface area contributed by atoms with Gasteiger partial charge in [0, 0.05) is 13.7 Å². The van der Waals surface area contributed by atoms with Gasteiger partial charge in [-0.3, -0.25) is 4.79 Å². The maximum Gasteiger partial charge on any atom is 0.260 e. The number of amides is 1. The first-order valence-corrected chi connectivity index (χ1v) is 7.15. The molecule has 0 aliphatic rings. The lowest BCUT2D eigenvalue weighted by molar-refractivity contribution is -0.127. The van der Waals surface area contributed by atoms with Crippen LogP contribution in [0.25, 0.3) is 10.8 Å². The molecule has 1 amide bonds. The third-order valence-corrected chi connectivity index (χ3v) is 3.31. The van der Waals surface area contributed by atoms with E-state index in [1.165, 1.54) is 0 Å². The second kappa shape index (κ2) is 7.66. The first-order valence-electron chi connectivity index (χ1n) is 7.15. The van der Waals surface area contributed by atoms with Crippen molar-refractivity contribution in [2.45, 2.75) is 13.0 Å². The Bertz CT molecular complexity index is 642. The van der Waals surface area contributed by atoms with E-state index in [1.807, 2.05) is 36.4 Å². The highest BCUT2D eigenvalue weighted by atomic mass is 16.5. The average Bonchev–Trinajstić information content (AvgIpc) is 2.54. The predicted octanol–water partition coefficient (Wildman–Crippen LogP) is 2.38. The largest absolute Gasteiger partial charge is 0.497 e. The maximum atomic E-state index is 11.9. The zero-order valence-electron chi connectivity index (χ0n) is 13.1. The zero-order chi connectivity index (χ0) is 15.9. The minimum Gasteiger partial charge on any atom is -0.497 e. The molecule has 2 aromatic carbocycles. The number of carbonyl (C=O) groups is 1. The number of methoxy groups -OCH3 is 2. The second-order valence-electron chi connectivity index (χ2n) is 4.92. The van der Waals surface area contributed by atoms with Crippen LogP contribution in [-0.4, -0.2) is 39.4 Å². The summed E-state index contributed by atoms with van der Waals surface area (Å²) in [6.07, 6.45) is -0.570. The van der Waals surface area contributed by atoms with Gasteiger partial charge < -0.3 is 19.5 Å². The number of fused-ring (bicyclic) bond motifs is 1. The Kier molecular flexibility index (Phi) is 5.61. The van der Waals surface area contributed by atoms with Gasteiger partial charge in [-0.05, 0) is 42.0 Å². The molecule has 0 bridgehead atoms. The molecule has 22 heavy (non-hydrogen) atoms. The fourth-order valence-corrected chi connectivity index (χ4v) is 2.08. The van der Waals surface area contributed by atoms with Gasteiger partial charge in [-0.1, -0.05) is 12.1 Å². The Morgan fingerprint density at radius 1 is 1.09 bits per heavy atom. The van der Waals surface area contributed by atoms with Crippen molar-refractivity contribution >= 4 is 16.7 Å². The number of hydrogen-bond acceptors (Lipinski definition) is 4. The molecule has 0 saturated carbocycles. The summed E-state index contributed by atoms with van der Waals surface area (Å²) < 4.78 is 15.8. The number of ether oxygens (including phenoxy) is 3. The van der Waals surface area contributed by atoms with Crippen LogP contribution in [-0.2, 0) is 9.53 Å². The standard InChI is InChI=1S/C17H21NO4/c1-12(17(19)18-8-9-20-2)22-16-7-5-13-4-6-15(21-3)10-14(13)11-16/h4-7,10-12H,8-9H2,1-3H3,(H,18,19)/t12-/m0/s1. The first kappa shape index (κ1) is 16.1. The lowest BCUT2D eigenvalue weighted by atomic mass is 10.1. The van der Waals surface area contributed by atoms with Crippen LogP contribution in [0.3, 0.4) is 0 Å². The van der Waals surface area contributed by atoms with Gasteiger partial charge in [0.05, 0.1) is 13.7 Å². The lowest BCUT2D eigenvalue weighted by Crippen LogP contribution is -2.37. The van der Waals surface area contributed by atoms with Gasteiger partial charge >= 0.3 is 0 Å². The van der Waals surface area contributed by atoms with Gasteiger partial charge in [0.2, 0.25) is 0 Å². The quantitative estimate of drug-likeness (QED) is 0.798. The molecule has 0 aliphatic carbocycles. The molecule has 5 nitrogen and oxygen atoms in total. The van der Waals surface area contributed by atoms with Crippen molar-refractivity contribution in [2.24, 2.45) is 0 Å². The summed E-state index contributed by atoms with van der Waals surface area (Å²) in [4.78, 5) is 11.9. The Morgan fingerprint density at radius 3 is 2.45 bits per heavy atom. The first-order chi connectivity index (χ1) is 10.6. The molecule has 1 N–H and O–H groups in total. The van der Waals surface area contributed by atoms with Gasteiger partial charge in [-0.25, -0.2) is 0 Å². The normalized spacial score (nSPS) is 12.0. The van der Waals surface area contributed by atoms with Crippen molar-refractivity contribution in [1.82, 2.24) is 5.32 Å². The summed E-state index contributed by atoms with van der Waals surface area (Å²) >= 11 is 0. The third kappa shape index (κ3) is 4.11. The molecule has 0 saturated heterocycles. The topological polar surface area (TPSA) is 56.8 Å². The molecule has 2 aromatic rings. The molecule has 0 fully saturated rings. The van der Waals surface area contributed by atoms with E-state index < -0.39 is 6.10 Å². The van der Waals surface area contributed by atoms with Crippen LogP contribution in [0, 0.1) is 0 Å². The average molecular weight is 303 g/mol. The SMILES string of the molecule is COCCNC(=O)[C@H](C)Oc1ccc2ccc(OC)cc2c1.